The number of benzene rings is 2. The van der Waals surface area contributed by atoms with Crippen LogP contribution in [0.4, 0.5) is 23.1 Å². The number of aromatic nitrogens is 3. The van der Waals surface area contributed by atoms with Crippen molar-refractivity contribution in [1.29, 1.82) is 0 Å². The number of hydrogen-bond donors (Lipinski definition) is 4. The van der Waals surface area contributed by atoms with Gasteiger partial charge in [0.15, 0.2) is 11.5 Å². The lowest BCUT2D eigenvalue weighted by Gasteiger charge is -2.16. The van der Waals surface area contributed by atoms with E-state index >= 15 is 0 Å². The lowest BCUT2D eigenvalue weighted by Crippen LogP contribution is -2.18. The van der Waals surface area contributed by atoms with Gasteiger partial charge in [-0.3, -0.25) is 14.0 Å². The van der Waals surface area contributed by atoms with E-state index in [0.717, 1.165) is 5.56 Å². The van der Waals surface area contributed by atoms with Crippen LogP contribution in [0.25, 0.3) is 5.65 Å². The molecule has 2 amide bonds. The molecule has 2 heterocycles. The Labute approximate surface area is 207 Å². The fourth-order valence-electron chi connectivity index (χ4n) is 3.63. The number of rotatable bonds is 10. The summed E-state index contributed by atoms with van der Waals surface area (Å²) in [4.78, 5) is 33.1. The van der Waals surface area contributed by atoms with Crippen LogP contribution in [-0.2, 0) is 11.3 Å². The first kappa shape index (κ1) is 24.3. The fourth-order valence-corrected chi connectivity index (χ4v) is 3.63. The average Bonchev–Trinajstić information content (AvgIpc) is 3.36. The third-order valence-electron chi connectivity index (χ3n) is 5.39. The van der Waals surface area contributed by atoms with Gasteiger partial charge in [0.1, 0.15) is 17.1 Å². The zero-order valence-corrected chi connectivity index (χ0v) is 20.2. The van der Waals surface area contributed by atoms with Gasteiger partial charge in [-0.15, -0.1) is 0 Å². The van der Waals surface area contributed by atoms with Crippen LogP contribution in [0.15, 0.2) is 54.9 Å². The Balaban J connectivity index is 1.68. The number of primary amides is 1. The number of amides is 2. The van der Waals surface area contributed by atoms with Crippen molar-refractivity contribution in [3.63, 3.8) is 0 Å². The quantitative estimate of drug-likeness (QED) is 0.265. The number of hydrogen-bond acceptors (Lipinski definition) is 8. The predicted octanol–water partition coefficient (Wildman–Crippen LogP) is 3.55. The Hall–Kier alpha value is -4.80. The molecule has 4 aromatic rings. The zero-order valence-electron chi connectivity index (χ0n) is 20.2. The third kappa shape index (κ3) is 5.30. The first-order valence-electron chi connectivity index (χ1n) is 11.2. The van der Waals surface area contributed by atoms with Crippen LogP contribution in [0.3, 0.4) is 0 Å². The van der Waals surface area contributed by atoms with E-state index in [4.69, 9.17) is 15.2 Å². The van der Waals surface area contributed by atoms with Gasteiger partial charge in [0.25, 0.3) is 5.91 Å². The molecule has 0 spiro atoms. The summed E-state index contributed by atoms with van der Waals surface area (Å²) in [5, 5.41) is 9.28. The van der Waals surface area contributed by atoms with Crippen LogP contribution in [0.1, 0.15) is 29.3 Å². The van der Waals surface area contributed by atoms with Crippen molar-refractivity contribution in [1.82, 2.24) is 14.4 Å². The summed E-state index contributed by atoms with van der Waals surface area (Å²) in [6.07, 6.45) is 3.65. The average molecular weight is 490 g/mol. The molecule has 2 aromatic carbocycles. The molecule has 11 heteroatoms. The summed E-state index contributed by atoms with van der Waals surface area (Å²) < 4.78 is 12.3. The van der Waals surface area contributed by atoms with E-state index in [1.165, 1.54) is 0 Å². The summed E-state index contributed by atoms with van der Waals surface area (Å²) in [5.41, 5.74) is 8.41. The molecule has 0 saturated heterocycles. The zero-order chi connectivity index (χ0) is 25.7. The van der Waals surface area contributed by atoms with Gasteiger partial charge < -0.3 is 31.2 Å². The number of nitrogens with zero attached hydrogens (tertiary/aromatic N) is 3. The molecule has 5 N–H and O–H groups in total. The van der Waals surface area contributed by atoms with Crippen LogP contribution < -0.4 is 31.2 Å². The smallest absolute Gasteiger partial charge is 0.256 e. The van der Waals surface area contributed by atoms with Gasteiger partial charge in [-0.2, -0.15) is 4.98 Å². The van der Waals surface area contributed by atoms with Gasteiger partial charge >= 0.3 is 0 Å². The molecule has 0 unspecified atom stereocenters. The number of fused-ring (bicyclic) bond motifs is 1. The number of nitrogens with two attached hydrogens (primary N) is 1. The highest BCUT2D eigenvalue weighted by Crippen LogP contribution is 2.30. The second-order valence-corrected chi connectivity index (χ2v) is 7.83. The van der Waals surface area contributed by atoms with Gasteiger partial charge in [0, 0.05) is 54.9 Å². The molecular weight excluding hydrogens is 462 g/mol. The number of imidazole rings is 1. The highest BCUT2D eigenvalue weighted by Gasteiger charge is 2.20. The molecule has 4 rings (SSSR count). The van der Waals surface area contributed by atoms with E-state index in [1.807, 2.05) is 24.3 Å². The standard InChI is InChI=1S/C25H27N7O4/c1-4-20(33)29-16-7-5-6-15(10-16)14-28-25-31-23(21(22(26)34)24-27-8-9-32(24)25)30-17-11-18(35-2)13-19(12-17)36-3/h5-13,30H,4,14H2,1-3H3,(H2,26,34)(H,28,31)(H,29,33). The molecule has 2 aromatic heterocycles. The minimum absolute atomic E-state index is 0.0613. The first-order valence-corrected chi connectivity index (χ1v) is 11.2. The summed E-state index contributed by atoms with van der Waals surface area (Å²) in [6.45, 7) is 2.20. The number of anilines is 4. The van der Waals surface area contributed by atoms with Crippen LogP contribution in [0.5, 0.6) is 11.5 Å². The second-order valence-electron chi connectivity index (χ2n) is 7.83. The lowest BCUT2D eigenvalue weighted by atomic mass is 10.2. The monoisotopic (exact) mass is 489 g/mol. The summed E-state index contributed by atoms with van der Waals surface area (Å²) in [5.74, 6) is 1.05. The molecule has 0 fully saturated rings. The summed E-state index contributed by atoms with van der Waals surface area (Å²) in [7, 11) is 3.10. The molecule has 0 aliphatic carbocycles. The fraction of sp³-hybridized carbons (Fsp3) is 0.200. The van der Waals surface area contributed by atoms with E-state index < -0.39 is 5.91 Å². The van der Waals surface area contributed by atoms with Gasteiger partial charge in [0.05, 0.1) is 14.2 Å². The van der Waals surface area contributed by atoms with E-state index in [1.54, 1.807) is 56.1 Å². The van der Waals surface area contributed by atoms with Crippen molar-refractivity contribution in [2.75, 3.05) is 30.2 Å². The Morgan fingerprint density at radius 2 is 1.81 bits per heavy atom. The van der Waals surface area contributed by atoms with Crippen molar-refractivity contribution in [3.05, 3.63) is 66.0 Å². The Bertz CT molecular complexity index is 1390. The molecular formula is C25H27N7O4. The Morgan fingerprint density at radius 3 is 2.47 bits per heavy atom. The second kappa shape index (κ2) is 10.6. The molecule has 0 radical (unpaired) electrons. The SMILES string of the molecule is CCC(=O)Nc1cccc(CNc2nc(Nc3cc(OC)cc(OC)c3)c(C(N)=O)c3nccn23)c1. The summed E-state index contributed by atoms with van der Waals surface area (Å²) >= 11 is 0. The Kier molecular flexibility index (Phi) is 7.19. The van der Waals surface area contributed by atoms with Crippen molar-refractivity contribution < 1.29 is 19.1 Å². The van der Waals surface area contributed by atoms with Crippen molar-refractivity contribution >= 4 is 40.6 Å². The maximum absolute atomic E-state index is 12.4. The molecule has 0 bridgehead atoms. The van der Waals surface area contributed by atoms with E-state index in [0.29, 0.717) is 47.4 Å². The molecule has 36 heavy (non-hydrogen) atoms. The number of carbonyl (C=O) groups is 2. The maximum atomic E-state index is 12.4. The molecule has 0 aliphatic rings. The number of carbonyl (C=O) groups excluding carboxylic acids is 2. The van der Waals surface area contributed by atoms with Crippen molar-refractivity contribution in [2.24, 2.45) is 5.73 Å². The molecule has 0 aliphatic heterocycles. The van der Waals surface area contributed by atoms with E-state index in [9.17, 15) is 9.59 Å². The van der Waals surface area contributed by atoms with Gasteiger partial charge in [-0.05, 0) is 17.7 Å². The minimum atomic E-state index is -0.679. The molecule has 186 valence electrons. The van der Waals surface area contributed by atoms with Crippen LogP contribution in [0, 0.1) is 0 Å². The molecule has 0 atom stereocenters. The first-order chi connectivity index (χ1) is 17.4. The molecule has 0 saturated carbocycles. The maximum Gasteiger partial charge on any atom is 0.256 e. The number of methoxy groups -OCH3 is 2. The minimum Gasteiger partial charge on any atom is -0.497 e. The Morgan fingerprint density at radius 1 is 1.06 bits per heavy atom. The summed E-state index contributed by atoms with van der Waals surface area (Å²) in [6, 6.07) is 12.7. The topological polar surface area (TPSA) is 145 Å². The largest absolute Gasteiger partial charge is 0.497 e. The predicted molar refractivity (Wildman–Crippen MR) is 137 cm³/mol. The van der Waals surface area contributed by atoms with Crippen LogP contribution in [-0.4, -0.2) is 40.4 Å². The third-order valence-corrected chi connectivity index (χ3v) is 5.39. The van der Waals surface area contributed by atoms with Crippen molar-refractivity contribution in [3.8, 4) is 11.5 Å². The highest BCUT2D eigenvalue weighted by molar-refractivity contribution is 6.04. The number of nitrogens with one attached hydrogen (secondary N) is 3. The molecule has 11 nitrogen and oxygen atoms in total. The van der Waals surface area contributed by atoms with E-state index in [-0.39, 0.29) is 17.3 Å². The normalized spacial score (nSPS) is 10.6. The van der Waals surface area contributed by atoms with Crippen LogP contribution >= 0.6 is 0 Å². The number of ether oxygens (including phenoxy) is 2. The van der Waals surface area contributed by atoms with Gasteiger partial charge in [0.2, 0.25) is 11.9 Å². The van der Waals surface area contributed by atoms with Crippen molar-refractivity contribution in [2.45, 2.75) is 19.9 Å². The highest BCUT2D eigenvalue weighted by atomic mass is 16.5. The van der Waals surface area contributed by atoms with E-state index in [2.05, 4.69) is 25.9 Å². The lowest BCUT2D eigenvalue weighted by molar-refractivity contribution is -0.115. The van der Waals surface area contributed by atoms with Crippen LogP contribution in [0.2, 0.25) is 0 Å². The van der Waals surface area contributed by atoms with Gasteiger partial charge in [-0.25, -0.2) is 4.98 Å². The van der Waals surface area contributed by atoms with Gasteiger partial charge in [-0.1, -0.05) is 19.1 Å².